The highest BCUT2D eigenvalue weighted by atomic mass is 19.1. The third-order valence-electron chi connectivity index (χ3n) is 8.91. The maximum atomic E-state index is 14.5. The van der Waals surface area contributed by atoms with Crippen molar-refractivity contribution in [2.75, 3.05) is 27.2 Å². The second kappa shape index (κ2) is 11.7. The summed E-state index contributed by atoms with van der Waals surface area (Å²) < 4.78 is 14.0. The molecular weight excluding hydrogens is 507 g/mol. The van der Waals surface area contributed by atoms with Crippen LogP contribution in [0.4, 0.5) is 4.39 Å². The largest absolute Gasteiger partial charge is 0.342 e. The zero-order valence-electron chi connectivity index (χ0n) is 24.0. The van der Waals surface area contributed by atoms with Gasteiger partial charge in [0.15, 0.2) is 0 Å². The molecule has 7 nitrogen and oxygen atoms in total. The van der Waals surface area contributed by atoms with E-state index in [1.54, 1.807) is 17.0 Å². The third-order valence-corrected chi connectivity index (χ3v) is 8.91. The Morgan fingerprint density at radius 2 is 1.60 bits per heavy atom. The number of nitrogens with one attached hydrogen (secondary N) is 1. The molecule has 1 aliphatic carbocycles. The molecule has 3 atom stereocenters. The van der Waals surface area contributed by atoms with Crippen LogP contribution in [-0.4, -0.2) is 77.7 Å². The summed E-state index contributed by atoms with van der Waals surface area (Å²) in [5, 5.41) is 3.06. The molecule has 5 rings (SSSR count). The number of fused-ring (bicyclic) bond motifs is 1. The van der Waals surface area contributed by atoms with E-state index in [4.69, 9.17) is 0 Å². The molecule has 2 saturated heterocycles. The second-order valence-electron chi connectivity index (χ2n) is 12.3. The number of carbonyl (C=O) groups is 3. The van der Waals surface area contributed by atoms with E-state index in [0.29, 0.717) is 44.0 Å². The summed E-state index contributed by atoms with van der Waals surface area (Å²) in [7, 11) is 4.10. The first-order valence-electron chi connectivity index (χ1n) is 14.5. The lowest BCUT2D eigenvalue weighted by atomic mass is 9.87. The van der Waals surface area contributed by atoms with Crippen LogP contribution in [0.3, 0.4) is 0 Å². The molecule has 2 aliphatic heterocycles. The van der Waals surface area contributed by atoms with Gasteiger partial charge in [0, 0.05) is 19.1 Å². The molecule has 3 amide bonds. The summed E-state index contributed by atoms with van der Waals surface area (Å²) in [4.78, 5) is 48.1. The van der Waals surface area contributed by atoms with E-state index in [0.717, 1.165) is 12.8 Å². The Balaban J connectivity index is 1.51. The van der Waals surface area contributed by atoms with Crippen LogP contribution in [0, 0.1) is 17.7 Å². The van der Waals surface area contributed by atoms with Crippen LogP contribution >= 0.6 is 0 Å². The van der Waals surface area contributed by atoms with Crippen molar-refractivity contribution in [2.24, 2.45) is 11.8 Å². The normalized spacial score (nSPS) is 23.1. The SMILES string of the molecule is CC(C)C[C@@H]1C(=O)N[C@H](C2Cc3ccccc3C2)C(=O)N1[C@@H](C(=O)N1CCC(N(C)C)CC1)c1ccc(F)cc1. The Morgan fingerprint density at radius 1 is 1.00 bits per heavy atom. The number of hydrogen-bond acceptors (Lipinski definition) is 4. The van der Waals surface area contributed by atoms with Crippen LogP contribution < -0.4 is 5.32 Å². The minimum atomic E-state index is -0.995. The first kappa shape index (κ1) is 28.3. The third kappa shape index (κ3) is 5.64. The van der Waals surface area contributed by atoms with E-state index >= 15 is 0 Å². The average Bonchev–Trinajstić information content (AvgIpc) is 3.37. The van der Waals surface area contributed by atoms with Gasteiger partial charge < -0.3 is 20.0 Å². The fourth-order valence-electron chi connectivity index (χ4n) is 6.72. The van der Waals surface area contributed by atoms with Crippen molar-refractivity contribution < 1.29 is 18.8 Å². The highest BCUT2D eigenvalue weighted by Gasteiger charge is 2.50. The van der Waals surface area contributed by atoms with Gasteiger partial charge in [0.25, 0.3) is 0 Å². The van der Waals surface area contributed by atoms with Gasteiger partial charge in [0.05, 0.1) is 0 Å². The van der Waals surface area contributed by atoms with Gasteiger partial charge in [-0.1, -0.05) is 50.2 Å². The average molecular weight is 549 g/mol. The predicted octanol–water partition coefficient (Wildman–Crippen LogP) is 3.58. The highest BCUT2D eigenvalue weighted by molar-refractivity contribution is 6.00. The molecular formula is C32H41FN4O3. The molecule has 2 aromatic rings. The van der Waals surface area contributed by atoms with E-state index in [2.05, 4.69) is 22.3 Å². The molecule has 0 spiro atoms. The predicted molar refractivity (Wildman–Crippen MR) is 152 cm³/mol. The van der Waals surface area contributed by atoms with E-state index in [1.807, 2.05) is 45.0 Å². The fourth-order valence-corrected chi connectivity index (χ4v) is 6.72. The van der Waals surface area contributed by atoms with E-state index in [1.165, 1.54) is 23.3 Å². The molecule has 40 heavy (non-hydrogen) atoms. The van der Waals surface area contributed by atoms with Gasteiger partial charge in [-0.05, 0) is 86.9 Å². The minimum Gasteiger partial charge on any atom is -0.342 e. The van der Waals surface area contributed by atoms with Crippen LogP contribution in [0.15, 0.2) is 48.5 Å². The minimum absolute atomic E-state index is 0.0869. The van der Waals surface area contributed by atoms with Crippen molar-refractivity contribution in [1.82, 2.24) is 20.0 Å². The summed E-state index contributed by atoms with van der Waals surface area (Å²) in [5.74, 6) is -1.03. The monoisotopic (exact) mass is 548 g/mol. The molecule has 0 unspecified atom stereocenters. The smallest absolute Gasteiger partial charge is 0.250 e. The van der Waals surface area contributed by atoms with Gasteiger partial charge in [-0.25, -0.2) is 4.39 Å². The van der Waals surface area contributed by atoms with Crippen LogP contribution in [0.5, 0.6) is 0 Å². The number of likely N-dealkylation sites (tertiary alicyclic amines) is 1. The van der Waals surface area contributed by atoms with Gasteiger partial charge in [-0.15, -0.1) is 0 Å². The van der Waals surface area contributed by atoms with Crippen LogP contribution in [0.1, 0.15) is 55.8 Å². The molecule has 2 fully saturated rings. The summed E-state index contributed by atoms with van der Waals surface area (Å²) in [6, 6.07) is 11.8. The lowest BCUT2D eigenvalue weighted by Gasteiger charge is -2.46. The number of rotatable bonds is 7. The molecule has 8 heteroatoms. The van der Waals surface area contributed by atoms with Crippen LogP contribution in [0.2, 0.25) is 0 Å². The zero-order valence-corrected chi connectivity index (χ0v) is 24.0. The Kier molecular flexibility index (Phi) is 8.26. The van der Waals surface area contributed by atoms with Gasteiger partial charge in [0.1, 0.15) is 23.9 Å². The van der Waals surface area contributed by atoms with Gasteiger partial charge in [-0.2, -0.15) is 0 Å². The molecule has 2 heterocycles. The van der Waals surface area contributed by atoms with Crippen molar-refractivity contribution in [3.05, 3.63) is 71.0 Å². The van der Waals surface area contributed by atoms with Crippen molar-refractivity contribution in [2.45, 2.75) is 70.1 Å². The Bertz CT molecular complexity index is 1210. The van der Waals surface area contributed by atoms with E-state index < -0.39 is 23.9 Å². The highest BCUT2D eigenvalue weighted by Crippen LogP contribution is 2.36. The first-order chi connectivity index (χ1) is 19.1. The van der Waals surface area contributed by atoms with E-state index in [9.17, 15) is 18.8 Å². The van der Waals surface area contributed by atoms with Crippen molar-refractivity contribution >= 4 is 17.7 Å². The first-order valence-corrected chi connectivity index (χ1v) is 14.5. The number of halogens is 1. The maximum absolute atomic E-state index is 14.5. The molecule has 1 N–H and O–H groups in total. The molecule has 0 aromatic heterocycles. The number of hydrogen-bond donors (Lipinski definition) is 1. The topological polar surface area (TPSA) is 73.0 Å². The Morgan fingerprint density at radius 3 is 2.15 bits per heavy atom. The molecule has 0 bridgehead atoms. The lowest BCUT2D eigenvalue weighted by molar-refractivity contribution is -0.160. The summed E-state index contributed by atoms with van der Waals surface area (Å²) in [5.41, 5.74) is 2.92. The fraction of sp³-hybridized carbons (Fsp3) is 0.531. The van der Waals surface area contributed by atoms with Gasteiger partial charge in [0.2, 0.25) is 17.7 Å². The number of carbonyl (C=O) groups excluding carboxylic acids is 3. The van der Waals surface area contributed by atoms with Gasteiger partial charge >= 0.3 is 0 Å². The molecule has 0 saturated carbocycles. The number of amides is 3. The van der Waals surface area contributed by atoms with Crippen LogP contribution in [-0.2, 0) is 27.2 Å². The summed E-state index contributed by atoms with van der Waals surface area (Å²) in [6.07, 6.45) is 3.50. The Hall–Kier alpha value is -3.26. The Labute approximate surface area is 236 Å². The van der Waals surface area contributed by atoms with Gasteiger partial charge in [-0.3, -0.25) is 14.4 Å². The molecule has 214 valence electrons. The quantitative estimate of drug-likeness (QED) is 0.574. The lowest BCUT2D eigenvalue weighted by Crippen LogP contribution is -2.67. The number of piperidine rings is 1. The molecule has 2 aromatic carbocycles. The number of piperazine rings is 1. The van der Waals surface area contributed by atoms with Crippen molar-refractivity contribution in [3.8, 4) is 0 Å². The van der Waals surface area contributed by atoms with Crippen molar-refractivity contribution in [3.63, 3.8) is 0 Å². The molecule has 3 aliphatic rings. The number of benzene rings is 2. The summed E-state index contributed by atoms with van der Waals surface area (Å²) >= 11 is 0. The standard InChI is InChI=1S/C32H41FN4O3/c1-20(2)17-27-30(38)34-28(24-18-22-7-5-6-8-23(22)19-24)31(39)37(27)29(21-9-11-25(33)12-10-21)32(40)36-15-13-26(14-16-36)35(3)4/h5-12,20,24,26-29H,13-19H2,1-4H3,(H,34,38)/t27-,28-,29-/m1/s1. The number of nitrogens with zero attached hydrogens (tertiary/aromatic N) is 3. The zero-order chi connectivity index (χ0) is 28.6. The van der Waals surface area contributed by atoms with Crippen molar-refractivity contribution in [1.29, 1.82) is 0 Å². The van der Waals surface area contributed by atoms with E-state index in [-0.39, 0.29) is 29.6 Å². The molecule has 0 radical (unpaired) electrons. The maximum Gasteiger partial charge on any atom is 0.250 e. The summed E-state index contributed by atoms with van der Waals surface area (Å²) in [6.45, 7) is 5.17. The second-order valence-corrected chi connectivity index (χ2v) is 12.3. The van der Waals surface area contributed by atoms with Crippen LogP contribution in [0.25, 0.3) is 0 Å².